The molecule has 0 saturated carbocycles. The van der Waals surface area contributed by atoms with Crippen LogP contribution in [-0.2, 0) is 14.8 Å². The summed E-state index contributed by atoms with van der Waals surface area (Å²) in [5, 5.41) is 8.92. The Balaban J connectivity index is 3.36. The second-order valence-electron chi connectivity index (χ2n) is 4.40. The molecule has 0 heterocycles. The number of likely N-dealkylation sites (N-methyl/N-ethyl adjacent to an activating group) is 1. The number of carbonyl (C=O) groups is 1. The highest BCUT2D eigenvalue weighted by atomic mass is 79.9. The summed E-state index contributed by atoms with van der Waals surface area (Å²) in [5.74, 6) is -1.18. The van der Waals surface area contributed by atoms with Crippen LogP contribution in [0.15, 0.2) is 21.5 Å². The molecule has 5 nitrogen and oxygen atoms in total. The summed E-state index contributed by atoms with van der Waals surface area (Å²) in [6, 6.07) is 2.13. The lowest BCUT2D eigenvalue weighted by Gasteiger charge is -2.22. The van der Waals surface area contributed by atoms with Gasteiger partial charge in [-0.05, 0) is 44.0 Å². The number of hydrogen-bond acceptors (Lipinski definition) is 3. The van der Waals surface area contributed by atoms with Crippen molar-refractivity contribution >= 4 is 31.9 Å². The number of halogens is 1. The van der Waals surface area contributed by atoms with Crippen LogP contribution < -0.4 is 0 Å². The summed E-state index contributed by atoms with van der Waals surface area (Å²) >= 11 is 3.33. The van der Waals surface area contributed by atoms with Crippen LogP contribution in [0.5, 0.6) is 0 Å². The monoisotopic (exact) mass is 349 g/mol. The lowest BCUT2D eigenvalue weighted by atomic mass is 10.2. The number of nitrogens with zero attached hydrogens (tertiary/aromatic N) is 1. The van der Waals surface area contributed by atoms with Gasteiger partial charge in [-0.2, -0.15) is 4.31 Å². The Morgan fingerprint density at radius 1 is 1.32 bits per heavy atom. The van der Waals surface area contributed by atoms with Gasteiger partial charge in [-0.15, -0.1) is 0 Å². The van der Waals surface area contributed by atoms with Gasteiger partial charge in [0.2, 0.25) is 10.0 Å². The topological polar surface area (TPSA) is 74.7 Å². The Kier molecular flexibility index (Phi) is 4.76. The molecule has 1 aromatic rings. The Bertz CT molecular complexity index is 612. The molecule has 1 N–H and O–H groups in total. The second kappa shape index (κ2) is 5.60. The molecule has 1 rings (SSSR count). The smallest absolute Gasteiger partial charge is 0.321 e. The van der Waals surface area contributed by atoms with Crippen LogP contribution in [0.3, 0.4) is 0 Å². The first-order chi connectivity index (χ1) is 8.59. The van der Waals surface area contributed by atoms with Crippen molar-refractivity contribution in [2.75, 3.05) is 7.05 Å². The molecule has 1 atom stereocenters. The molecule has 0 spiro atoms. The van der Waals surface area contributed by atoms with Crippen LogP contribution >= 0.6 is 15.9 Å². The van der Waals surface area contributed by atoms with Crippen LogP contribution in [0.1, 0.15) is 18.1 Å². The maximum Gasteiger partial charge on any atom is 0.321 e. The van der Waals surface area contributed by atoms with Gasteiger partial charge < -0.3 is 5.11 Å². The van der Waals surface area contributed by atoms with Gasteiger partial charge in [-0.1, -0.05) is 15.9 Å². The Morgan fingerprint density at radius 3 is 2.32 bits per heavy atom. The van der Waals surface area contributed by atoms with E-state index in [-0.39, 0.29) is 4.90 Å². The first-order valence-corrected chi connectivity index (χ1v) is 7.80. The van der Waals surface area contributed by atoms with Gasteiger partial charge in [-0.25, -0.2) is 8.42 Å². The first kappa shape index (κ1) is 16.1. The summed E-state index contributed by atoms with van der Waals surface area (Å²) in [6.07, 6.45) is 0. The number of sulfonamides is 1. The molecule has 0 aliphatic heterocycles. The van der Waals surface area contributed by atoms with E-state index < -0.39 is 22.0 Å². The van der Waals surface area contributed by atoms with Gasteiger partial charge in [0, 0.05) is 11.5 Å². The number of rotatable bonds is 4. The van der Waals surface area contributed by atoms with Crippen LogP contribution in [0.2, 0.25) is 0 Å². The van der Waals surface area contributed by atoms with Gasteiger partial charge >= 0.3 is 5.97 Å². The fourth-order valence-electron chi connectivity index (χ4n) is 1.55. The van der Waals surface area contributed by atoms with E-state index >= 15 is 0 Å². The van der Waals surface area contributed by atoms with Gasteiger partial charge in [0.1, 0.15) is 6.04 Å². The SMILES string of the molecule is Cc1cc(S(=O)(=O)N(C)C(C)C(=O)O)c(C)cc1Br. The van der Waals surface area contributed by atoms with Gasteiger partial charge in [0.25, 0.3) is 0 Å². The van der Waals surface area contributed by atoms with Crippen LogP contribution in [0.4, 0.5) is 0 Å². The molecule has 1 aromatic carbocycles. The van der Waals surface area contributed by atoms with Crippen LogP contribution in [0, 0.1) is 13.8 Å². The van der Waals surface area contributed by atoms with E-state index in [1.807, 2.05) is 0 Å². The fraction of sp³-hybridized carbons (Fsp3) is 0.417. The number of carboxylic acids is 1. The zero-order chi connectivity index (χ0) is 15.0. The zero-order valence-electron chi connectivity index (χ0n) is 11.1. The first-order valence-electron chi connectivity index (χ1n) is 5.56. The number of hydrogen-bond donors (Lipinski definition) is 1. The van der Waals surface area contributed by atoms with Crippen molar-refractivity contribution in [1.82, 2.24) is 4.31 Å². The summed E-state index contributed by atoms with van der Waals surface area (Å²) in [7, 11) is -2.55. The highest BCUT2D eigenvalue weighted by molar-refractivity contribution is 9.10. The Hall–Kier alpha value is -0.920. The van der Waals surface area contributed by atoms with Crippen molar-refractivity contribution in [2.45, 2.75) is 31.7 Å². The van der Waals surface area contributed by atoms with Gasteiger partial charge in [-0.3, -0.25) is 4.79 Å². The highest BCUT2D eigenvalue weighted by Gasteiger charge is 2.30. The van der Waals surface area contributed by atoms with E-state index in [0.29, 0.717) is 5.56 Å². The average Bonchev–Trinajstić information content (AvgIpc) is 2.31. The van der Waals surface area contributed by atoms with E-state index in [1.54, 1.807) is 26.0 Å². The van der Waals surface area contributed by atoms with Gasteiger partial charge in [0.15, 0.2) is 0 Å². The fourth-order valence-corrected chi connectivity index (χ4v) is 3.62. The van der Waals surface area contributed by atoms with E-state index in [9.17, 15) is 13.2 Å². The lowest BCUT2D eigenvalue weighted by molar-refractivity contribution is -0.140. The number of benzene rings is 1. The van der Waals surface area contributed by atoms with E-state index in [1.165, 1.54) is 14.0 Å². The molecule has 1 unspecified atom stereocenters. The molecule has 19 heavy (non-hydrogen) atoms. The second-order valence-corrected chi connectivity index (χ2v) is 7.22. The maximum atomic E-state index is 12.4. The van der Waals surface area contributed by atoms with Crippen molar-refractivity contribution in [2.24, 2.45) is 0 Å². The molecular weight excluding hydrogens is 334 g/mol. The van der Waals surface area contributed by atoms with Crippen molar-refractivity contribution in [3.05, 3.63) is 27.7 Å². The standard InChI is InChI=1S/C12H16BrNO4S/c1-7-6-11(8(2)5-10(7)13)19(17,18)14(4)9(3)12(15)16/h5-6,9H,1-4H3,(H,15,16). The summed E-state index contributed by atoms with van der Waals surface area (Å²) in [4.78, 5) is 11.0. The predicted octanol–water partition coefficient (Wildman–Crippen LogP) is 2.16. The summed E-state index contributed by atoms with van der Waals surface area (Å²) in [5.41, 5.74) is 1.35. The van der Waals surface area contributed by atoms with Crippen LogP contribution in [-0.4, -0.2) is 36.9 Å². The molecule has 0 radical (unpaired) electrons. The van der Waals surface area contributed by atoms with Crippen molar-refractivity contribution in [1.29, 1.82) is 0 Å². The van der Waals surface area contributed by atoms with E-state index in [2.05, 4.69) is 15.9 Å². The van der Waals surface area contributed by atoms with Crippen molar-refractivity contribution < 1.29 is 18.3 Å². The number of aliphatic carboxylic acids is 1. The number of carboxylic acid groups (broad SMARTS) is 1. The summed E-state index contributed by atoms with van der Waals surface area (Å²) in [6.45, 7) is 4.79. The molecule has 0 aliphatic carbocycles. The normalized spacial score (nSPS) is 13.6. The molecule has 0 bridgehead atoms. The molecule has 0 saturated heterocycles. The quantitative estimate of drug-likeness (QED) is 0.903. The average molecular weight is 350 g/mol. The molecule has 0 amide bonds. The molecule has 7 heteroatoms. The minimum absolute atomic E-state index is 0.129. The third-order valence-electron chi connectivity index (χ3n) is 3.02. The van der Waals surface area contributed by atoms with E-state index in [0.717, 1.165) is 14.3 Å². The van der Waals surface area contributed by atoms with Gasteiger partial charge in [0.05, 0.1) is 4.90 Å². The minimum Gasteiger partial charge on any atom is -0.480 e. The lowest BCUT2D eigenvalue weighted by Crippen LogP contribution is -2.40. The van der Waals surface area contributed by atoms with Crippen molar-refractivity contribution in [3.8, 4) is 0 Å². The minimum atomic E-state index is -3.82. The largest absolute Gasteiger partial charge is 0.480 e. The molecule has 0 fully saturated rings. The molecule has 0 aromatic heterocycles. The number of aryl methyl sites for hydroxylation is 2. The van der Waals surface area contributed by atoms with Crippen molar-refractivity contribution in [3.63, 3.8) is 0 Å². The Labute approximate surface area is 121 Å². The maximum absolute atomic E-state index is 12.4. The van der Waals surface area contributed by atoms with Crippen LogP contribution in [0.25, 0.3) is 0 Å². The summed E-state index contributed by atoms with van der Waals surface area (Å²) < 4.78 is 26.5. The predicted molar refractivity (Wildman–Crippen MR) is 75.7 cm³/mol. The van der Waals surface area contributed by atoms with E-state index in [4.69, 9.17) is 5.11 Å². The third-order valence-corrected chi connectivity index (χ3v) is 5.94. The molecule has 106 valence electrons. The molecule has 0 aliphatic rings. The molecular formula is C12H16BrNO4S. The Morgan fingerprint density at radius 2 is 1.84 bits per heavy atom. The third kappa shape index (κ3) is 3.16. The highest BCUT2D eigenvalue weighted by Crippen LogP contribution is 2.26. The zero-order valence-corrected chi connectivity index (χ0v) is 13.5.